The van der Waals surface area contributed by atoms with E-state index in [1.54, 1.807) is 18.2 Å². The zero-order chi connectivity index (χ0) is 19.1. The largest absolute Gasteiger partial charge is 0.368 e. The van der Waals surface area contributed by atoms with Gasteiger partial charge in [-0.2, -0.15) is 0 Å². The second-order valence-corrected chi connectivity index (χ2v) is 5.79. The summed E-state index contributed by atoms with van der Waals surface area (Å²) in [5.74, 6) is -0.735. The average Bonchev–Trinajstić information content (AvgIpc) is 2.57. The molecule has 0 saturated carbocycles. The number of anilines is 1. The highest BCUT2D eigenvalue weighted by molar-refractivity contribution is 6.31. The maximum Gasteiger partial charge on any atom is 0.223 e. The van der Waals surface area contributed by atoms with Crippen LogP contribution in [0.5, 0.6) is 0 Å². The summed E-state index contributed by atoms with van der Waals surface area (Å²) in [5.41, 5.74) is 7.91. The van der Waals surface area contributed by atoms with Gasteiger partial charge in [-0.15, -0.1) is 10.2 Å². The standard InChI is InChI=1S/C18H18ClN5O2/c1-11(25)21-16-9-8-14(19)10-15(16)17(13-6-4-3-5-7-13)23-24-18(20)22-12(2)26/h3-10H,1-2H3,(H,21,25)(H3,20,22,24,26)/b23-17-. The maximum atomic E-state index is 11.5. The first-order valence-electron chi connectivity index (χ1n) is 7.68. The molecule has 0 spiro atoms. The van der Waals surface area contributed by atoms with E-state index in [0.717, 1.165) is 5.56 Å². The number of guanidine groups is 1. The molecule has 4 N–H and O–H groups in total. The second kappa shape index (κ2) is 8.77. The molecular weight excluding hydrogens is 354 g/mol. The first kappa shape index (κ1) is 19.1. The van der Waals surface area contributed by atoms with Crippen molar-refractivity contribution in [1.82, 2.24) is 5.32 Å². The molecule has 0 atom stereocenters. The Kier molecular flexibility index (Phi) is 6.46. The van der Waals surface area contributed by atoms with Crippen LogP contribution in [0.15, 0.2) is 58.7 Å². The van der Waals surface area contributed by atoms with E-state index in [4.69, 9.17) is 17.3 Å². The van der Waals surface area contributed by atoms with Crippen LogP contribution in [0, 0.1) is 0 Å². The molecule has 134 valence electrons. The van der Waals surface area contributed by atoms with Crippen molar-refractivity contribution in [3.63, 3.8) is 0 Å². The van der Waals surface area contributed by atoms with Crippen LogP contribution in [0.1, 0.15) is 25.0 Å². The number of nitrogens with two attached hydrogens (primary N) is 1. The quantitative estimate of drug-likeness (QED) is 0.436. The topological polar surface area (TPSA) is 109 Å². The van der Waals surface area contributed by atoms with Gasteiger partial charge in [0, 0.05) is 30.0 Å². The van der Waals surface area contributed by atoms with Crippen molar-refractivity contribution < 1.29 is 9.59 Å². The van der Waals surface area contributed by atoms with Crippen LogP contribution in [0.3, 0.4) is 0 Å². The molecule has 2 rings (SSSR count). The van der Waals surface area contributed by atoms with Gasteiger partial charge in [0.1, 0.15) is 5.71 Å². The Bertz CT molecular complexity index is 878. The van der Waals surface area contributed by atoms with E-state index < -0.39 is 0 Å². The van der Waals surface area contributed by atoms with Gasteiger partial charge in [-0.05, 0) is 18.2 Å². The predicted molar refractivity (Wildman–Crippen MR) is 103 cm³/mol. The fourth-order valence-corrected chi connectivity index (χ4v) is 2.36. The van der Waals surface area contributed by atoms with Crippen LogP contribution < -0.4 is 16.4 Å². The number of hydrogen-bond donors (Lipinski definition) is 3. The number of nitrogens with zero attached hydrogens (tertiary/aromatic N) is 2. The van der Waals surface area contributed by atoms with Gasteiger partial charge in [-0.25, -0.2) is 0 Å². The number of nitrogens with one attached hydrogen (secondary N) is 2. The Morgan fingerprint density at radius 2 is 1.69 bits per heavy atom. The van der Waals surface area contributed by atoms with Crippen LogP contribution in [0.4, 0.5) is 5.69 Å². The minimum absolute atomic E-state index is 0.144. The molecule has 8 heteroatoms. The van der Waals surface area contributed by atoms with Crippen LogP contribution in [-0.2, 0) is 9.59 Å². The molecule has 0 aliphatic rings. The summed E-state index contributed by atoms with van der Waals surface area (Å²) in [6, 6.07) is 14.2. The monoisotopic (exact) mass is 371 g/mol. The summed E-state index contributed by atoms with van der Waals surface area (Å²) in [4.78, 5) is 22.6. The van der Waals surface area contributed by atoms with E-state index in [0.29, 0.717) is 22.0 Å². The smallest absolute Gasteiger partial charge is 0.223 e. The molecule has 0 fully saturated rings. The van der Waals surface area contributed by atoms with Crippen molar-refractivity contribution in [3.8, 4) is 0 Å². The van der Waals surface area contributed by atoms with E-state index in [9.17, 15) is 9.59 Å². The Morgan fingerprint density at radius 1 is 1.00 bits per heavy atom. The van der Waals surface area contributed by atoms with Crippen molar-refractivity contribution in [2.45, 2.75) is 13.8 Å². The van der Waals surface area contributed by atoms with E-state index in [1.165, 1.54) is 13.8 Å². The van der Waals surface area contributed by atoms with Crippen molar-refractivity contribution in [2.75, 3.05) is 5.32 Å². The number of carbonyl (C=O) groups excluding carboxylic acids is 2. The minimum atomic E-state index is -0.357. The highest BCUT2D eigenvalue weighted by atomic mass is 35.5. The number of carbonyl (C=O) groups is 2. The first-order valence-corrected chi connectivity index (χ1v) is 8.06. The summed E-state index contributed by atoms with van der Waals surface area (Å²) in [7, 11) is 0. The summed E-state index contributed by atoms with van der Waals surface area (Å²) in [6.07, 6.45) is 0. The minimum Gasteiger partial charge on any atom is -0.368 e. The molecule has 26 heavy (non-hydrogen) atoms. The fourth-order valence-electron chi connectivity index (χ4n) is 2.18. The molecular formula is C18H18ClN5O2. The Labute approximate surface area is 156 Å². The average molecular weight is 372 g/mol. The molecule has 0 unspecified atom stereocenters. The lowest BCUT2D eigenvalue weighted by Gasteiger charge is -2.12. The fraction of sp³-hybridized carbons (Fsp3) is 0.111. The predicted octanol–water partition coefficient (Wildman–Crippen LogP) is 2.50. The van der Waals surface area contributed by atoms with E-state index in [-0.39, 0.29) is 17.8 Å². The first-order chi connectivity index (χ1) is 12.4. The highest BCUT2D eigenvalue weighted by Crippen LogP contribution is 2.24. The third-order valence-corrected chi connectivity index (χ3v) is 3.39. The Balaban J connectivity index is 2.60. The second-order valence-electron chi connectivity index (χ2n) is 5.35. The highest BCUT2D eigenvalue weighted by Gasteiger charge is 2.14. The lowest BCUT2D eigenvalue weighted by atomic mass is 10.0. The number of halogens is 1. The van der Waals surface area contributed by atoms with Crippen molar-refractivity contribution in [1.29, 1.82) is 0 Å². The third kappa shape index (κ3) is 5.42. The summed E-state index contributed by atoms with van der Waals surface area (Å²) in [5, 5.41) is 13.6. The summed E-state index contributed by atoms with van der Waals surface area (Å²) < 4.78 is 0. The molecule has 0 heterocycles. The molecule has 0 aromatic heterocycles. The van der Waals surface area contributed by atoms with Gasteiger partial charge in [0.2, 0.25) is 17.8 Å². The summed E-state index contributed by atoms with van der Waals surface area (Å²) >= 11 is 6.13. The van der Waals surface area contributed by atoms with Gasteiger partial charge in [-0.1, -0.05) is 41.9 Å². The molecule has 0 aliphatic heterocycles. The normalized spacial score (nSPS) is 11.8. The van der Waals surface area contributed by atoms with Crippen molar-refractivity contribution >= 4 is 40.8 Å². The molecule has 2 aromatic carbocycles. The lowest BCUT2D eigenvalue weighted by Crippen LogP contribution is -2.34. The SMILES string of the molecule is CC(=O)N/C(N)=N/N=C(/c1ccccc1)c1cc(Cl)ccc1NC(C)=O. The van der Waals surface area contributed by atoms with Gasteiger partial charge >= 0.3 is 0 Å². The zero-order valence-electron chi connectivity index (χ0n) is 14.3. The number of rotatable bonds is 4. The van der Waals surface area contributed by atoms with Gasteiger partial charge in [0.15, 0.2) is 0 Å². The lowest BCUT2D eigenvalue weighted by molar-refractivity contribution is -0.117. The molecule has 2 amide bonds. The Morgan fingerprint density at radius 3 is 2.31 bits per heavy atom. The molecule has 0 radical (unpaired) electrons. The maximum absolute atomic E-state index is 11.5. The number of amides is 2. The van der Waals surface area contributed by atoms with Crippen molar-refractivity contribution in [3.05, 3.63) is 64.7 Å². The number of benzene rings is 2. The van der Waals surface area contributed by atoms with Crippen LogP contribution in [0.2, 0.25) is 5.02 Å². The van der Waals surface area contributed by atoms with Gasteiger partial charge in [0.25, 0.3) is 0 Å². The van der Waals surface area contributed by atoms with Crippen LogP contribution in [0.25, 0.3) is 0 Å². The van der Waals surface area contributed by atoms with E-state index in [1.807, 2.05) is 30.3 Å². The summed E-state index contributed by atoms with van der Waals surface area (Å²) in [6.45, 7) is 2.72. The number of hydrogen-bond acceptors (Lipinski definition) is 4. The van der Waals surface area contributed by atoms with E-state index in [2.05, 4.69) is 20.8 Å². The van der Waals surface area contributed by atoms with E-state index >= 15 is 0 Å². The van der Waals surface area contributed by atoms with Gasteiger partial charge < -0.3 is 11.1 Å². The van der Waals surface area contributed by atoms with Gasteiger partial charge in [-0.3, -0.25) is 14.9 Å². The molecule has 0 bridgehead atoms. The van der Waals surface area contributed by atoms with Gasteiger partial charge in [0.05, 0.1) is 5.69 Å². The van der Waals surface area contributed by atoms with Crippen LogP contribution >= 0.6 is 11.6 Å². The Hall–Kier alpha value is -3.19. The third-order valence-electron chi connectivity index (χ3n) is 3.16. The van der Waals surface area contributed by atoms with Crippen molar-refractivity contribution in [2.24, 2.45) is 15.9 Å². The zero-order valence-corrected chi connectivity index (χ0v) is 15.0. The van der Waals surface area contributed by atoms with Crippen LogP contribution in [-0.4, -0.2) is 23.5 Å². The molecule has 0 aliphatic carbocycles. The molecule has 7 nitrogen and oxygen atoms in total. The molecule has 0 saturated heterocycles. The molecule has 2 aromatic rings.